The normalized spacial score (nSPS) is 42.5. The Morgan fingerprint density at radius 1 is 1.17 bits per heavy atom. The van der Waals surface area contributed by atoms with Crippen molar-refractivity contribution in [3.63, 3.8) is 0 Å². The van der Waals surface area contributed by atoms with E-state index in [1.165, 1.54) is 6.08 Å². The number of hydrogen-bond acceptors (Lipinski definition) is 7. The van der Waals surface area contributed by atoms with E-state index >= 15 is 0 Å². The van der Waals surface area contributed by atoms with E-state index in [4.69, 9.17) is 14.2 Å². The first-order valence-corrected chi connectivity index (χ1v) is 12.8. The number of ether oxygens (including phenoxy) is 3. The van der Waals surface area contributed by atoms with Crippen molar-refractivity contribution in [1.29, 1.82) is 0 Å². The van der Waals surface area contributed by atoms with Crippen LogP contribution in [0.5, 0.6) is 0 Å². The quantitative estimate of drug-likeness (QED) is 0.392. The summed E-state index contributed by atoms with van der Waals surface area (Å²) >= 11 is 0. The van der Waals surface area contributed by atoms with Crippen LogP contribution in [0.25, 0.3) is 6.08 Å². The van der Waals surface area contributed by atoms with Crippen LogP contribution in [0.3, 0.4) is 0 Å². The fourth-order valence-electron chi connectivity index (χ4n) is 8.38. The highest BCUT2D eigenvalue weighted by Crippen LogP contribution is 2.71. The summed E-state index contributed by atoms with van der Waals surface area (Å²) in [7, 11) is 0. The zero-order valence-electron chi connectivity index (χ0n) is 20.6. The molecule has 0 radical (unpaired) electrons. The largest absolute Gasteiger partial charge is 0.461 e. The number of aliphatic hydroxyl groups excluding tert-OH is 1. The van der Waals surface area contributed by atoms with Crippen molar-refractivity contribution in [2.45, 2.75) is 58.0 Å². The average molecular weight is 493 g/mol. The van der Waals surface area contributed by atoms with Gasteiger partial charge in [-0.05, 0) is 54.2 Å². The van der Waals surface area contributed by atoms with Gasteiger partial charge in [0, 0.05) is 23.3 Å². The number of hydrogen-bond donors (Lipinski definition) is 1. The molecule has 190 valence electrons. The summed E-state index contributed by atoms with van der Waals surface area (Å²) in [5.41, 5.74) is -1.52. The van der Waals surface area contributed by atoms with Crippen LogP contribution in [0.1, 0.15) is 45.1 Å². The molecule has 2 spiro atoms. The minimum atomic E-state index is -1.66. The molecule has 36 heavy (non-hydrogen) atoms. The lowest BCUT2D eigenvalue weighted by Crippen LogP contribution is -2.71. The van der Waals surface area contributed by atoms with Gasteiger partial charge in [0.1, 0.15) is 12.2 Å². The van der Waals surface area contributed by atoms with Crippen LogP contribution < -0.4 is 0 Å². The number of carbonyl (C=O) groups is 3. The van der Waals surface area contributed by atoms with Crippen molar-refractivity contribution >= 4 is 23.8 Å². The summed E-state index contributed by atoms with van der Waals surface area (Å²) < 4.78 is 17.9. The van der Waals surface area contributed by atoms with Gasteiger partial charge < -0.3 is 19.3 Å². The Balaban J connectivity index is 1.42. The van der Waals surface area contributed by atoms with Crippen LogP contribution in [0.15, 0.2) is 48.6 Å². The molecule has 2 heterocycles. The van der Waals surface area contributed by atoms with Gasteiger partial charge in [0.05, 0.1) is 6.61 Å². The molecule has 5 aliphatic rings. The van der Waals surface area contributed by atoms with E-state index in [0.29, 0.717) is 24.8 Å². The Bertz CT molecular complexity index is 1170. The first kappa shape index (κ1) is 23.6. The first-order valence-electron chi connectivity index (χ1n) is 12.8. The molecule has 8 atom stereocenters. The molecule has 7 nitrogen and oxygen atoms in total. The van der Waals surface area contributed by atoms with Gasteiger partial charge in [-0.2, -0.15) is 0 Å². The highest BCUT2D eigenvalue weighted by Gasteiger charge is 2.81. The maximum atomic E-state index is 13.9. The maximum Gasteiger partial charge on any atom is 0.331 e. The van der Waals surface area contributed by atoms with E-state index in [9.17, 15) is 19.5 Å². The first-order chi connectivity index (χ1) is 17.1. The monoisotopic (exact) mass is 492 g/mol. The molecular weight excluding hydrogens is 460 g/mol. The standard InChI is InChI=1S/C29H32O7/c1-16-18-10-11-19-28-15-34-25(32)22(28)27(2,3)14-13-20(28)35-26(33)29(19,23(16)31)24(18)36-21(30)12-9-17-7-5-4-6-8-17/h4-9,12,18-20,22,24-25,32H,1,10-11,13-15H2,2-3H3/b12-9+/t18-,19-,20-,22+,24+,25+,28+,29-/m0/s1. The summed E-state index contributed by atoms with van der Waals surface area (Å²) in [6, 6.07) is 9.35. The zero-order valence-corrected chi connectivity index (χ0v) is 20.6. The SMILES string of the molecule is C=C1C(=O)[C@@]23C(=O)O[C@H]4CCC(C)(C)[C@H]5[C@H](O)OC[C@@]45[C@@H]2CC[C@@H]1[C@H]3OC(=O)/C=C/c1ccccc1. The average Bonchev–Trinajstić information content (AvgIpc) is 3.27. The fraction of sp³-hybridized carbons (Fsp3) is 0.552. The molecule has 2 aliphatic heterocycles. The molecule has 1 aromatic carbocycles. The van der Waals surface area contributed by atoms with Gasteiger partial charge in [0.15, 0.2) is 17.5 Å². The lowest BCUT2D eigenvalue weighted by atomic mass is 9.43. The van der Waals surface area contributed by atoms with Crippen molar-refractivity contribution in [1.82, 2.24) is 0 Å². The lowest BCUT2D eigenvalue weighted by molar-refractivity contribution is -0.251. The van der Waals surface area contributed by atoms with Crippen LogP contribution in [-0.2, 0) is 28.6 Å². The topological polar surface area (TPSA) is 99.1 Å². The van der Waals surface area contributed by atoms with E-state index < -0.39 is 53.1 Å². The van der Waals surface area contributed by atoms with Crippen LogP contribution >= 0.6 is 0 Å². The van der Waals surface area contributed by atoms with E-state index in [-0.39, 0.29) is 23.7 Å². The lowest BCUT2D eigenvalue weighted by Gasteiger charge is -2.62. The van der Waals surface area contributed by atoms with E-state index in [1.807, 2.05) is 30.3 Å². The number of rotatable bonds is 3. The van der Waals surface area contributed by atoms with Crippen LogP contribution in [0.2, 0.25) is 0 Å². The summed E-state index contributed by atoms with van der Waals surface area (Å²) in [5.74, 6) is -2.86. The smallest absolute Gasteiger partial charge is 0.331 e. The van der Waals surface area contributed by atoms with E-state index in [0.717, 1.165) is 12.0 Å². The molecule has 5 fully saturated rings. The minimum absolute atomic E-state index is 0.200. The second kappa shape index (κ2) is 7.86. The molecule has 6 rings (SSSR count). The summed E-state index contributed by atoms with van der Waals surface area (Å²) in [6.45, 7) is 8.43. The van der Waals surface area contributed by atoms with Gasteiger partial charge in [-0.25, -0.2) is 4.79 Å². The van der Waals surface area contributed by atoms with Crippen molar-refractivity contribution in [3.8, 4) is 0 Å². The molecular formula is C29H32O7. The Hall–Kier alpha value is -2.77. The third-order valence-electron chi connectivity index (χ3n) is 9.80. The maximum absolute atomic E-state index is 13.9. The molecule has 0 unspecified atom stereocenters. The molecule has 1 aromatic rings. The second-order valence-electron chi connectivity index (χ2n) is 11.8. The Labute approximate surface area is 210 Å². The molecule has 2 bridgehead atoms. The fourth-order valence-corrected chi connectivity index (χ4v) is 8.38. The molecule has 0 aromatic heterocycles. The van der Waals surface area contributed by atoms with Crippen LogP contribution in [0.4, 0.5) is 0 Å². The molecule has 1 N–H and O–H groups in total. The number of carbonyl (C=O) groups excluding carboxylic acids is 3. The van der Waals surface area contributed by atoms with E-state index in [2.05, 4.69) is 20.4 Å². The van der Waals surface area contributed by atoms with Crippen molar-refractivity contribution < 1.29 is 33.7 Å². The van der Waals surface area contributed by atoms with Crippen molar-refractivity contribution in [3.05, 3.63) is 54.1 Å². The zero-order chi connectivity index (χ0) is 25.5. The molecule has 3 aliphatic carbocycles. The van der Waals surface area contributed by atoms with Crippen LogP contribution in [0, 0.1) is 34.0 Å². The third kappa shape index (κ3) is 2.90. The number of Topliss-reactive ketones (excluding diaryl/α,β-unsaturated/α-hetero) is 1. The number of fused-ring (bicyclic) bond motifs is 1. The minimum Gasteiger partial charge on any atom is -0.461 e. The van der Waals surface area contributed by atoms with Gasteiger partial charge in [0.25, 0.3) is 0 Å². The molecule has 2 saturated heterocycles. The highest BCUT2D eigenvalue weighted by atomic mass is 16.6. The van der Waals surface area contributed by atoms with Crippen LogP contribution in [-0.4, -0.2) is 47.9 Å². The second-order valence-corrected chi connectivity index (χ2v) is 11.8. The van der Waals surface area contributed by atoms with Gasteiger partial charge >= 0.3 is 11.9 Å². The Morgan fingerprint density at radius 2 is 1.92 bits per heavy atom. The molecule has 3 saturated carbocycles. The van der Waals surface area contributed by atoms with Gasteiger partial charge in [-0.15, -0.1) is 0 Å². The number of ketones is 1. The van der Waals surface area contributed by atoms with E-state index in [1.54, 1.807) is 6.08 Å². The Kier molecular flexibility index (Phi) is 5.16. The van der Waals surface area contributed by atoms with Crippen molar-refractivity contribution in [2.24, 2.45) is 34.0 Å². The molecule has 0 amide bonds. The number of aliphatic hydroxyl groups is 1. The number of esters is 2. The summed E-state index contributed by atoms with van der Waals surface area (Å²) in [5, 5.41) is 11.0. The van der Waals surface area contributed by atoms with Crippen molar-refractivity contribution in [2.75, 3.05) is 6.61 Å². The predicted molar refractivity (Wildman–Crippen MR) is 129 cm³/mol. The highest BCUT2D eigenvalue weighted by molar-refractivity contribution is 6.16. The summed E-state index contributed by atoms with van der Waals surface area (Å²) in [6.07, 6.45) is 3.08. The number of benzene rings is 1. The van der Waals surface area contributed by atoms with Gasteiger partial charge in [-0.1, -0.05) is 50.8 Å². The molecule has 7 heteroatoms. The van der Waals surface area contributed by atoms with Gasteiger partial charge in [-0.3, -0.25) is 9.59 Å². The van der Waals surface area contributed by atoms with Gasteiger partial charge in [0.2, 0.25) is 0 Å². The summed E-state index contributed by atoms with van der Waals surface area (Å²) in [4.78, 5) is 40.7. The Morgan fingerprint density at radius 3 is 2.67 bits per heavy atom. The predicted octanol–water partition coefficient (Wildman–Crippen LogP) is 3.46. The third-order valence-corrected chi connectivity index (χ3v) is 9.80.